The molecule has 4 aromatic carbocycles. The molecule has 0 fully saturated rings. The predicted molar refractivity (Wildman–Crippen MR) is 147 cm³/mol. The van der Waals surface area contributed by atoms with E-state index >= 15 is 0 Å². The molecule has 0 saturated carbocycles. The van der Waals surface area contributed by atoms with Gasteiger partial charge >= 0.3 is 0 Å². The van der Waals surface area contributed by atoms with Gasteiger partial charge in [0.15, 0.2) is 0 Å². The summed E-state index contributed by atoms with van der Waals surface area (Å²) < 4.78 is 4.58. The number of benzene rings is 4. The lowest BCUT2D eigenvalue weighted by Gasteiger charge is -2.17. The molecule has 33 heavy (non-hydrogen) atoms. The van der Waals surface area contributed by atoms with Crippen LogP contribution in [0.5, 0.6) is 0 Å². The van der Waals surface area contributed by atoms with Gasteiger partial charge in [-0.2, -0.15) is 0 Å². The standard InChI is InChI=1S/C30H21Br2N/c31-23-16-22(17-24(32)19-23)26-12-7-13-28-30(26)27-15-14-21(20-8-3-1-4-9-20)18-29(27)33(28)25-10-5-2-6-11-25/h1-13,16-19H,14-15H2. The molecule has 1 nitrogen and oxygen atoms in total. The van der Waals surface area contributed by atoms with Crippen LogP contribution in [-0.4, -0.2) is 4.57 Å². The highest BCUT2D eigenvalue weighted by Crippen LogP contribution is 2.43. The second kappa shape index (κ2) is 8.48. The van der Waals surface area contributed by atoms with E-state index in [0.29, 0.717) is 0 Å². The van der Waals surface area contributed by atoms with E-state index in [2.05, 4.69) is 140 Å². The zero-order valence-corrected chi connectivity index (χ0v) is 21.1. The zero-order chi connectivity index (χ0) is 22.4. The second-order valence-corrected chi connectivity index (χ2v) is 10.3. The molecule has 0 N–H and O–H groups in total. The van der Waals surface area contributed by atoms with Crippen LogP contribution >= 0.6 is 31.9 Å². The number of aromatic nitrogens is 1. The average Bonchev–Trinajstić information content (AvgIpc) is 3.18. The first kappa shape index (κ1) is 20.7. The summed E-state index contributed by atoms with van der Waals surface area (Å²) in [6.07, 6.45) is 4.47. The zero-order valence-electron chi connectivity index (χ0n) is 17.9. The van der Waals surface area contributed by atoms with Gasteiger partial charge in [0, 0.05) is 20.0 Å². The molecule has 0 amide bonds. The van der Waals surface area contributed by atoms with Crippen molar-refractivity contribution in [3.05, 3.63) is 123 Å². The van der Waals surface area contributed by atoms with E-state index in [9.17, 15) is 0 Å². The quantitative estimate of drug-likeness (QED) is 0.209. The lowest BCUT2D eigenvalue weighted by atomic mass is 9.89. The van der Waals surface area contributed by atoms with Crippen molar-refractivity contribution in [3.63, 3.8) is 0 Å². The van der Waals surface area contributed by atoms with Crippen LogP contribution in [0.15, 0.2) is 106 Å². The Kier molecular flexibility index (Phi) is 5.32. The minimum absolute atomic E-state index is 1.03. The Bertz CT molecular complexity index is 1490. The van der Waals surface area contributed by atoms with E-state index in [1.54, 1.807) is 0 Å². The van der Waals surface area contributed by atoms with Crippen LogP contribution in [0.25, 0.3) is 39.4 Å². The molecular weight excluding hydrogens is 534 g/mol. The topological polar surface area (TPSA) is 4.93 Å². The van der Waals surface area contributed by atoms with Crippen molar-refractivity contribution in [2.45, 2.75) is 12.8 Å². The SMILES string of the molecule is Brc1cc(Br)cc(-c2cccc3c2c2c(n3-c3ccccc3)C=C(c3ccccc3)CC2)c1. The third-order valence-electron chi connectivity index (χ3n) is 6.42. The Morgan fingerprint density at radius 3 is 2.06 bits per heavy atom. The van der Waals surface area contributed by atoms with Gasteiger partial charge in [0.05, 0.1) is 11.2 Å². The summed E-state index contributed by atoms with van der Waals surface area (Å²) in [6.45, 7) is 0. The van der Waals surface area contributed by atoms with E-state index < -0.39 is 0 Å². The van der Waals surface area contributed by atoms with Crippen molar-refractivity contribution in [2.24, 2.45) is 0 Å². The first-order valence-corrected chi connectivity index (χ1v) is 12.7. The van der Waals surface area contributed by atoms with Gasteiger partial charge in [0.2, 0.25) is 0 Å². The number of aryl methyl sites for hydroxylation is 1. The predicted octanol–water partition coefficient (Wildman–Crippen LogP) is 9.31. The van der Waals surface area contributed by atoms with Gasteiger partial charge in [0.1, 0.15) is 0 Å². The van der Waals surface area contributed by atoms with Crippen LogP contribution in [0.1, 0.15) is 23.2 Å². The summed E-state index contributed by atoms with van der Waals surface area (Å²) in [4.78, 5) is 0. The van der Waals surface area contributed by atoms with Gasteiger partial charge < -0.3 is 4.57 Å². The molecule has 5 aromatic rings. The van der Waals surface area contributed by atoms with Crippen LogP contribution in [0.2, 0.25) is 0 Å². The van der Waals surface area contributed by atoms with E-state index in [-0.39, 0.29) is 0 Å². The average molecular weight is 555 g/mol. The minimum atomic E-state index is 1.03. The molecule has 1 aliphatic rings. The fourth-order valence-corrected chi connectivity index (χ4v) is 6.32. The maximum atomic E-state index is 3.68. The third kappa shape index (κ3) is 3.70. The van der Waals surface area contributed by atoms with Gasteiger partial charge in [-0.1, -0.05) is 92.5 Å². The summed E-state index contributed by atoms with van der Waals surface area (Å²) in [5.74, 6) is 0. The van der Waals surface area contributed by atoms with Crippen molar-refractivity contribution >= 4 is 54.4 Å². The van der Waals surface area contributed by atoms with Crippen LogP contribution in [0.4, 0.5) is 0 Å². The molecule has 0 unspecified atom stereocenters. The van der Waals surface area contributed by atoms with E-state index in [1.165, 1.54) is 50.1 Å². The summed E-state index contributed by atoms with van der Waals surface area (Å²) in [6, 6.07) is 34.7. The summed E-state index contributed by atoms with van der Waals surface area (Å²) >= 11 is 7.36. The number of fused-ring (bicyclic) bond motifs is 3. The normalized spacial score (nSPS) is 13.1. The minimum Gasteiger partial charge on any atom is -0.310 e. The number of halogens is 2. The first-order valence-electron chi connectivity index (χ1n) is 11.1. The van der Waals surface area contributed by atoms with Crippen LogP contribution in [0, 0.1) is 0 Å². The Morgan fingerprint density at radius 2 is 1.33 bits per heavy atom. The van der Waals surface area contributed by atoms with Crippen LogP contribution in [0.3, 0.4) is 0 Å². The number of para-hydroxylation sites is 1. The maximum absolute atomic E-state index is 3.68. The fraction of sp³-hybridized carbons (Fsp3) is 0.0667. The Labute approximate surface area is 210 Å². The largest absolute Gasteiger partial charge is 0.310 e. The van der Waals surface area contributed by atoms with E-state index in [1.807, 2.05) is 0 Å². The molecule has 0 atom stereocenters. The van der Waals surface area contributed by atoms with Gasteiger partial charge in [-0.15, -0.1) is 0 Å². The first-order chi connectivity index (χ1) is 16.2. The summed E-state index contributed by atoms with van der Waals surface area (Å²) in [5.41, 5.74) is 10.4. The smallest absolute Gasteiger partial charge is 0.0543 e. The highest BCUT2D eigenvalue weighted by atomic mass is 79.9. The monoisotopic (exact) mass is 553 g/mol. The van der Waals surface area contributed by atoms with Gasteiger partial charge in [-0.25, -0.2) is 0 Å². The molecule has 0 spiro atoms. The second-order valence-electron chi connectivity index (χ2n) is 8.43. The number of allylic oxidation sites excluding steroid dienone is 1. The molecule has 0 bridgehead atoms. The number of rotatable bonds is 3. The molecule has 6 rings (SSSR count). The highest BCUT2D eigenvalue weighted by Gasteiger charge is 2.24. The molecule has 0 radical (unpaired) electrons. The van der Waals surface area contributed by atoms with Crippen LogP contribution in [-0.2, 0) is 6.42 Å². The van der Waals surface area contributed by atoms with Crippen molar-refractivity contribution in [1.82, 2.24) is 4.57 Å². The Balaban J connectivity index is 1.68. The summed E-state index contributed by atoms with van der Waals surface area (Å²) in [7, 11) is 0. The highest BCUT2D eigenvalue weighted by molar-refractivity contribution is 9.11. The Hall–Kier alpha value is -2.88. The molecular formula is C30H21Br2N. The van der Waals surface area contributed by atoms with Crippen molar-refractivity contribution < 1.29 is 0 Å². The van der Waals surface area contributed by atoms with Gasteiger partial charge in [-0.3, -0.25) is 0 Å². The number of nitrogens with zero attached hydrogens (tertiary/aromatic N) is 1. The summed E-state index contributed by atoms with van der Waals surface area (Å²) in [5, 5.41) is 1.35. The number of hydrogen-bond donors (Lipinski definition) is 0. The van der Waals surface area contributed by atoms with Crippen LogP contribution < -0.4 is 0 Å². The Morgan fingerprint density at radius 1 is 0.636 bits per heavy atom. The maximum Gasteiger partial charge on any atom is 0.0543 e. The molecule has 0 aliphatic heterocycles. The fourth-order valence-electron chi connectivity index (χ4n) is 5.02. The third-order valence-corrected chi connectivity index (χ3v) is 7.34. The van der Waals surface area contributed by atoms with E-state index in [4.69, 9.17) is 0 Å². The molecule has 1 aliphatic carbocycles. The van der Waals surface area contributed by atoms with Gasteiger partial charge in [-0.05, 0) is 83.1 Å². The van der Waals surface area contributed by atoms with Crippen molar-refractivity contribution in [3.8, 4) is 16.8 Å². The lowest BCUT2D eigenvalue weighted by molar-refractivity contribution is 0.981. The number of hydrogen-bond acceptors (Lipinski definition) is 0. The molecule has 0 saturated heterocycles. The van der Waals surface area contributed by atoms with E-state index in [0.717, 1.165) is 21.8 Å². The van der Waals surface area contributed by atoms with Crippen molar-refractivity contribution in [2.75, 3.05) is 0 Å². The molecule has 1 heterocycles. The van der Waals surface area contributed by atoms with Gasteiger partial charge in [0.25, 0.3) is 0 Å². The van der Waals surface area contributed by atoms with Crippen molar-refractivity contribution in [1.29, 1.82) is 0 Å². The molecule has 3 heteroatoms. The lowest BCUT2D eigenvalue weighted by Crippen LogP contribution is -2.03. The molecule has 1 aromatic heterocycles. The molecule has 160 valence electrons.